The van der Waals surface area contributed by atoms with Gasteiger partial charge in [-0.2, -0.15) is 0 Å². The van der Waals surface area contributed by atoms with Gasteiger partial charge in [-0.25, -0.2) is 4.79 Å². The van der Waals surface area contributed by atoms with Crippen molar-refractivity contribution in [2.75, 3.05) is 5.32 Å². The van der Waals surface area contributed by atoms with Crippen molar-refractivity contribution in [3.05, 3.63) is 95.7 Å². The van der Waals surface area contributed by atoms with Crippen LogP contribution in [0.25, 0.3) is 22.4 Å². The second-order valence-electron chi connectivity index (χ2n) is 7.85. The molecular weight excluding hydrogens is 432 g/mol. The number of carboxylic acids is 1. The quantitative estimate of drug-likeness (QED) is 0.341. The molecule has 7 heteroatoms. The fourth-order valence-electron chi connectivity index (χ4n) is 3.73. The fraction of sp³-hybridized carbons (Fsp3) is 0.148. The number of carboxylic acid groups (broad SMARTS) is 1. The van der Waals surface area contributed by atoms with Crippen molar-refractivity contribution in [3.8, 4) is 22.4 Å². The molecule has 0 unspecified atom stereocenters. The van der Waals surface area contributed by atoms with Crippen LogP contribution in [-0.2, 0) is 16.0 Å². The fourth-order valence-corrected chi connectivity index (χ4v) is 3.73. The second-order valence-corrected chi connectivity index (χ2v) is 7.85. The summed E-state index contributed by atoms with van der Waals surface area (Å²) in [6, 6.07) is 24.3. The average Bonchev–Trinajstić information content (AvgIpc) is 3.19. The Labute approximate surface area is 197 Å². The lowest BCUT2D eigenvalue weighted by Crippen LogP contribution is -2.16. The number of rotatable bonds is 7. The lowest BCUT2D eigenvalue weighted by molar-refractivity contribution is -0.136. The molecule has 2 N–H and O–H groups in total. The summed E-state index contributed by atoms with van der Waals surface area (Å²) < 4.78 is 10.8. The van der Waals surface area contributed by atoms with Crippen molar-refractivity contribution < 1.29 is 24.0 Å². The molecule has 1 heterocycles. The van der Waals surface area contributed by atoms with Gasteiger partial charge in [0, 0.05) is 5.56 Å². The Morgan fingerprint density at radius 3 is 2.32 bits per heavy atom. The topological polar surface area (TPSA) is 102 Å². The maximum Gasteiger partial charge on any atom is 0.412 e. The summed E-state index contributed by atoms with van der Waals surface area (Å²) in [4.78, 5) is 23.7. The SMILES string of the molecule is Cc1onc(-c2ccc(-c3ccccc3CC(=O)O)cc2)c1NC(=O)O[C@H](C)c1ccccc1. The lowest BCUT2D eigenvalue weighted by atomic mass is 9.96. The van der Waals surface area contributed by atoms with Gasteiger partial charge in [0.25, 0.3) is 0 Å². The largest absolute Gasteiger partial charge is 0.481 e. The zero-order valence-electron chi connectivity index (χ0n) is 18.8. The van der Waals surface area contributed by atoms with Gasteiger partial charge in [0.15, 0.2) is 5.76 Å². The molecule has 0 aliphatic carbocycles. The molecule has 4 aromatic rings. The molecule has 1 atom stereocenters. The summed E-state index contributed by atoms with van der Waals surface area (Å²) >= 11 is 0. The van der Waals surface area contributed by atoms with Crippen LogP contribution in [0, 0.1) is 6.92 Å². The van der Waals surface area contributed by atoms with Crippen molar-refractivity contribution in [1.29, 1.82) is 0 Å². The Bertz CT molecular complexity index is 1300. The summed E-state index contributed by atoms with van der Waals surface area (Å²) in [5.41, 5.74) is 5.01. The molecule has 0 aliphatic heterocycles. The van der Waals surface area contributed by atoms with E-state index in [2.05, 4.69) is 10.5 Å². The number of aliphatic carboxylic acids is 1. The molecule has 1 amide bonds. The van der Waals surface area contributed by atoms with Gasteiger partial charge in [0.1, 0.15) is 17.5 Å². The first kappa shape index (κ1) is 22.8. The Morgan fingerprint density at radius 1 is 0.971 bits per heavy atom. The van der Waals surface area contributed by atoms with Crippen LogP contribution >= 0.6 is 0 Å². The standard InChI is InChI=1S/C27H24N2O5/c1-17(19-8-4-3-5-9-19)33-27(32)28-25-18(2)34-29-26(25)21-14-12-20(13-15-21)23-11-7-6-10-22(23)16-24(30)31/h3-15,17H,16H2,1-2H3,(H,28,32)(H,30,31)/t17-/m1/s1. The number of nitrogens with one attached hydrogen (secondary N) is 1. The van der Waals surface area contributed by atoms with Crippen LogP contribution in [0.15, 0.2) is 83.4 Å². The first-order valence-corrected chi connectivity index (χ1v) is 10.8. The van der Waals surface area contributed by atoms with Crippen molar-refractivity contribution >= 4 is 17.7 Å². The van der Waals surface area contributed by atoms with E-state index in [4.69, 9.17) is 9.26 Å². The molecular formula is C27H24N2O5. The highest BCUT2D eigenvalue weighted by molar-refractivity contribution is 5.91. The smallest absolute Gasteiger partial charge is 0.412 e. The highest BCUT2D eigenvalue weighted by atomic mass is 16.6. The molecule has 0 bridgehead atoms. The molecule has 34 heavy (non-hydrogen) atoms. The molecule has 0 aliphatic rings. The normalized spacial score (nSPS) is 11.6. The zero-order chi connectivity index (χ0) is 24.1. The minimum absolute atomic E-state index is 0.0576. The van der Waals surface area contributed by atoms with Crippen molar-refractivity contribution in [3.63, 3.8) is 0 Å². The number of anilines is 1. The van der Waals surface area contributed by atoms with Gasteiger partial charge in [0.05, 0.1) is 6.42 Å². The predicted octanol–water partition coefficient (Wildman–Crippen LogP) is 6.25. The van der Waals surface area contributed by atoms with Crippen LogP contribution in [-0.4, -0.2) is 22.3 Å². The van der Waals surface area contributed by atoms with E-state index < -0.39 is 18.2 Å². The molecule has 172 valence electrons. The highest BCUT2D eigenvalue weighted by Gasteiger charge is 2.20. The number of ether oxygens (including phenoxy) is 1. The molecule has 0 spiro atoms. The number of hydrogen-bond donors (Lipinski definition) is 2. The lowest BCUT2D eigenvalue weighted by Gasteiger charge is -2.14. The highest BCUT2D eigenvalue weighted by Crippen LogP contribution is 2.33. The summed E-state index contributed by atoms with van der Waals surface area (Å²) in [7, 11) is 0. The Hall–Kier alpha value is -4.39. The number of hydrogen-bond acceptors (Lipinski definition) is 5. The Kier molecular flexibility index (Phi) is 6.73. The molecule has 0 fully saturated rings. The first-order chi connectivity index (χ1) is 16.4. The van der Waals surface area contributed by atoms with E-state index in [1.54, 1.807) is 13.8 Å². The zero-order valence-corrected chi connectivity index (χ0v) is 18.8. The number of aryl methyl sites for hydroxylation is 1. The van der Waals surface area contributed by atoms with Gasteiger partial charge < -0.3 is 14.4 Å². The molecule has 0 saturated heterocycles. The van der Waals surface area contributed by atoms with E-state index in [0.29, 0.717) is 17.1 Å². The molecule has 7 nitrogen and oxygen atoms in total. The number of carbonyl (C=O) groups is 2. The average molecular weight is 456 g/mol. The minimum atomic E-state index is -0.883. The summed E-state index contributed by atoms with van der Waals surface area (Å²) in [5.74, 6) is -0.429. The van der Waals surface area contributed by atoms with E-state index in [0.717, 1.165) is 27.8 Å². The maximum atomic E-state index is 12.5. The van der Waals surface area contributed by atoms with E-state index in [-0.39, 0.29) is 6.42 Å². The molecule has 1 aromatic heterocycles. The van der Waals surface area contributed by atoms with Crippen molar-refractivity contribution in [2.24, 2.45) is 0 Å². The Balaban J connectivity index is 1.53. The molecule has 3 aromatic carbocycles. The van der Waals surface area contributed by atoms with Crippen molar-refractivity contribution in [1.82, 2.24) is 5.16 Å². The van der Waals surface area contributed by atoms with Crippen LogP contribution in [0.5, 0.6) is 0 Å². The van der Waals surface area contributed by atoms with Gasteiger partial charge in [-0.3, -0.25) is 10.1 Å². The van der Waals surface area contributed by atoms with Crippen LogP contribution < -0.4 is 5.32 Å². The monoisotopic (exact) mass is 456 g/mol. The summed E-state index contributed by atoms with van der Waals surface area (Å²) in [6.45, 7) is 3.51. The van der Waals surface area contributed by atoms with E-state index >= 15 is 0 Å². The van der Waals surface area contributed by atoms with Crippen LogP contribution in [0.2, 0.25) is 0 Å². The molecule has 0 saturated carbocycles. The van der Waals surface area contributed by atoms with Gasteiger partial charge in [-0.05, 0) is 36.1 Å². The number of amides is 1. The van der Waals surface area contributed by atoms with Crippen molar-refractivity contribution in [2.45, 2.75) is 26.4 Å². The van der Waals surface area contributed by atoms with E-state index in [9.17, 15) is 14.7 Å². The van der Waals surface area contributed by atoms with Crippen LogP contribution in [0.1, 0.15) is 29.9 Å². The van der Waals surface area contributed by atoms with E-state index in [1.165, 1.54) is 0 Å². The van der Waals surface area contributed by atoms with Gasteiger partial charge in [0.2, 0.25) is 0 Å². The Morgan fingerprint density at radius 2 is 1.62 bits per heavy atom. The number of aromatic nitrogens is 1. The maximum absolute atomic E-state index is 12.5. The number of nitrogens with zero attached hydrogens (tertiary/aromatic N) is 1. The summed E-state index contributed by atoms with van der Waals surface area (Å²) in [5, 5.41) is 16.1. The predicted molar refractivity (Wildman–Crippen MR) is 128 cm³/mol. The van der Waals surface area contributed by atoms with Gasteiger partial charge in [-0.15, -0.1) is 0 Å². The molecule has 0 radical (unpaired) electrons. The third kappa shape index (κ3) is 5.15. The van der Waals surface area contributed by atoms with E-state index in [1.807, 2.05) is 78.9 Å². The third-order valence-electron chi connectivity index (χ3n) is 5.47. The first-order valence-electron chi connectivity index (χ1n) is 10.8. The second kappa shape index (κ2) is 10.0. The molecule has 4 rings (SSSR count). The van der Waals surface area contributed by atoms with Gasteiger partial charge >= 0.3 is 12.1 Å². The van der Waals surface area contributed by atoms with Crippen LogP contribution in [0.4, 0.5) is 10.5 Å². The number of carbonyl (C=O) groups excluding carboxylic acids is 1. The van der Waals surface area contributed by atoms with Gasteiger partial charge in [-0.1, -0.05) is 84.0 Å². The third-order valence-corrected chi connectivity index (χ3v) is 5.47. The number of benzene rings is 3. The van der Waals surface area contributed by atoms with Crippen LogP contribution in [0.3, 0.4) is 0 Å². The minimum Gasteiger partial charge on any atom is -0.481 e. The summed E-state index contributed by atoms with van der Waals surface area (Å²) in [6.07, 6.45) is -1.09.